The van der Waals surface area contributed by atoms with Crippen molar-refractivity contribution in [3.05, 3.63) is 134 Å². The average molecular weight is 965 g/mol. The lowest BCUT2D eigenvalue weighted by Crippen LogP contribution is -2.37. The number of esters is 2. The van der Waals surface area contributed by atoms with Crippen molar-refractivity contribution in [2.45, 2.75) is 174 Å². The van der Waals surface area contributed by atoms with Crippen molar-refractivity contribution in [2.75, 3.05) is 47.5 Å². The van der Waals surface area contributed by atoms with Crippen LogP contribution >= 0.6 is 7.82 Å². The summed E-state index contributed by atoms with van der Waals surface area (Å²) in [5.74, 6) is -0.856. The van der Waals surface area contributed by atoms with Crippen LogP contribution in [0.3, 0.4) is 0 Å². The summed E-state index contributed by atoms with van der Waals surface area (Å²) in [5, 5.41) is 0. The number of hydrogen-bond acceptors (Lipinski definition) is 7. The predicted octanol–water partition coefficient (Wildman–Crippen LogP) is 15.8. The van der Waals surface area contributed by atoms with Gasteiger partial charge in [-0.2, -0.15) is 0 Å². The number of nitrogens with zero attached hydrogens (tertiary/aromatic N) is 1. The number of phosphoric ester groups is 1. The van der Waals surface area contributed by atoms with E-state index in [9.17, 15) is 19.0 Å². The second kappa shape index (κ2) is 48.2. The van der Waals surface area contributed by atoms with Gasteiger partial charge < -0.3 is 18.9 Å². The van der Waals surface area contributed by atoms with Crippen LogP contribution in [0.4, 0.5) is 0 Å². The highest BCUT2D eigenvalue weighted by molar-refractivity contribution is 7.47. The number of quaternary nitrogens is 1. The monoisotopic (exact) mass is 965 g/mol. The zero-order chi connectivity index (χ0) is 49.9. The average Bonchev–Trinajstić information content (AvgIpc) is 3.30. The third kappa shape index (κ3) is 51.5. The Bertz CT molecular complexity index is 1610. The van der Waals surface area contributed by atoms with Crippen LogP contribution in [0, 0.1) is 0 Å². The summed E-state index contributed by atoms with van der Waals surface area (Å²) >= 11 is 0. The number of rotatable bonds is 45. The first kappa shape index (κ1) is 64.2. The van der Waals surface area contributed by atoms with Gasteiger partial charge in [-0.25, -0.2) is 4.57 Å². The highest BCUT2D eigenvalue weighted by Gasteiger charge is 2.27. The third-order valence-corrected chi connectivity index (χ3v) is 11.2. The van der Waals surface area contributed by atoms with Crippen LogP contribution in [0.5, 0.6) is 0 Å². The molecule has 9 nitrogen and oxygen atoms in total. The standard InChI is InChI=1S/C58H94NO8P/c1-6-8-10-12-14-15-16-17-18-19-20-21-22-23-24-25-26-27-28-29-30-31-32-33-34-35-36-37-38-39-40-41-42-43-45-47-49-51-58(61)67-56(55-66-68(62,63)65-53-52-59(3,4)5)54-64-57(60)50-48-46-44-13-11-9-7-2/h8,10,14-15,17-18,20-21,23-24,26-27,29-30,32-33,35-36,38-39,41-42,56H,6-7,9,11-13,16,19,22,25,28,31,34,37,40,43-55H2,1-5H3/p+1/b10-8-,15-14-,18-17-,21-20-,24-23-,27-26-,30-29-,33-32-,36-35-,39-38-,42-41-. The second-order valence-electron chi connectivity index (χ2n) is 17.8. The molecule has 0 saturated heterocycles. The zero-order valence-electron chi connectivity index (χ0n) is 43.3. The molecule has 2 unspecified atom stereocenters. The fourth-order valence-corrected chi connectivity index (χ4v) is 6.93. The molecule has 384 valence electrons. The van der Waals surface area contributed by atoms with Crippen LogP contribution in [0.1, 0.15) is 168 Å². The minimum atomic E-state index is -4.39. The zero-order valence-corrected chi connectivity index (χ0v) is 44.2. The molecule has 0 heterocycles. The lowest BCUT2D eigenvalue weighted by atomic mass is 10.1. The number of carbonyl (C=O) groups is 2. The van der Waals surface area contributed by atoms with Gasteiger partial charge in [0.25, 0.3) is 0 Å². The van der Waals surface area contributed by atoms with Crippen LogP contribution in [0.25, 0.3) is 0 Å². The predicted molar refractivity (Wildman–Crippen MR) is 288 cm³/mol. The summed E-state index contributed by atoms with van der Waals surface area (Å²) in [5.41, 5.74) is 0. The van der Waals surface area contributed by atoms with E-state index in [-0.39, 0.29) is 26.1 Å². The molecule has 0 aliphatic heterocycles. The van der Waals surface area contributed by atoms with Crippen LogP contribution in [-0.4, -0.2) is 74.9 Å². The van der Waals surface area contributed by atoms with Gasteiger partial charge in [0.2, 0.25) is 0 Å². The SMILES string of the molecule is CC/C=C\C/C=C\C/C=C\C/C=C\C/C=C\C/C=C\C/C=C\C/C=C\C/C=C\C/C=C\C/C=C\CCCCCC(=O)OC(COC(=O)CCCCCCCCC)COP(=O)(O)OCC[N+](C)(C)C. The Morgan fingerprint density at radius 1 is 0.471 bits per heavy atom. The van der Waals surface area contributed by atoms with Crippen LogP contribution in [0.15, 0.2) is 134 Å². The van der Waals surface area contributed by atoms with E-state index in [1.165, 1.54) is 19.3 Å². The molecule has 0 amide bonds. The lowest BCUT2D eigenvalue weighted by molar-refractivity contribution is -0.870. The summed E-state index contributed by atoms with van der Waals surface area (Å²) < 4.78 is 34.2. The van der Waals surface area contributed by atoms with E-state index in [1.807, 2.05) is 21.1 Å². The fourth-order valence-electron chi connectivity index (χ4n) is 6.19. The van der Waals surface area contributed by atoms with E-state index in [4.69, 9.17) is 18.5 Å². The molecular weight excluding hydrogens is 870 g/mol. The van der Waals surface area contributed by atoms with E-state index in [2.05, 4.69) is 148 Å². The molecule has 0 bridgehead atoms. The molecule has 0 spiro atoms. The van der Waals surface area contributed by atoms with Crippen molar-refractivity contribution < 1.29 is 42.1 Å². The first-order valence-corrected chi connectivity index (χ1v) is 27.4. The van der Waals surface area contributed by atoms with Crippen molar-refractivity contribution in [3.63, 3.8) is 0 Å². The Balaban J connectivity index is 4.17. The van der Waals surface area contributed by atoms with Gasteiger partial charge in [0.05, 0.1) is 27.7 Å². The Labute approximate surface area is 415 Å². The van der Waals surface area contributed by atoms with E-state index >= 15 is 0 Å². The molecule has 0 aromatic carbocycles. The minimum Gasteiger partial charge on any atom is -0.462 e. The van der Waals surface area contributed by atoms with Gasteiger partial charge in [-0.1, -0.05) is 192 Å². The van der Waals surface area contributed by atoms with Crippen LogP contribution in [-0.2, 0) is 32.7 Å². The third-order valence-electron chi connectivity index (χ3n) is 10.2. The minimum absolute atomic E-state index is 0.0183. The first-order chi connectivity index (χ1) is 33.0. The first-order valence-electron chi connectivity index (χ1n) is 25.9. The summed E-state index contributed by atoms with van der Waals surface area (Å²) in [7, 11) is 1.43. The maximum absolute atomic E-state index is 12.7. The van der Waals surface area contributed by atoms with Gasteiger partial charge in [0, 0.05) is 12.8 Å². The van der Waals surface area contributed by atoms with Crippen LogP contribution in [0.2, 0.25) is 0 Å². The molecule has 68 heavy (non-hydrogen) atoms. The number of allylic oxidation sites excluding steroid dienone is 22. The van der Waals surface area contributed by atoms with Crippen molar-refractivity contribution in [1.29, 1.82) is 0 Å². The van der Waals surface area contributed by atoms with Crippen molar-refractivity contribution in [2.24, 2.45) is 0 Å². The number of hydrogen-bond donors (Lipinski definition) is 1. The molecule has 0 aromatic rings. The molecule has 0 saturated carbocycles. The number of likely N-dealkylation sites (N-methyl/N-ethyl adjacent to an activating group) is 1. The van der Waals surface area contributed by atoms with Gasteiger partial charge in [-0.05, 0) is 96.3 Å². The van der Waals surface area contributed by atoms with Crippen LogP contribution < -0.4 is 0 Å². The van der Waals surface area contributed by atoms with E-state index in [1.54, 1.807) is 0 Å². The molecule has 0 aliphatic carbocycles. The van der Waals surface area contributed by atoms with Crippen molar-refractivity contribution >= 4 is 19.8 Å². The summed E-state index contributed by atoms with van der Waals surface area (Å²) in [6.45, 7) is 4.18. The highest BCUT2D eigenvalue weighted by Crippen LogP contribution is 2.43. The van der Waals surface area contributed by atoms with Crippen molar-refractivity contribution in [3.8, 4) is 0 Å². The Hall–Kier alpha value is -3.85. The lowest BCUT2D eigenvalue weighted by Gasteiger charge is -2.24. The maximum atomic E-state index is 12.7. The van der Waals surface area contributed by atoms with E-state index in [0.717, 1.165) is 116 Å². The van der Waals surface area contributed by atoms with Gasteiger partial charge in [-0.15, -0.1) is 0 Å². The molecule has 0 radical (unpaired) electrons. The van der Waals surface area contributed by atoms with Gasteiger partial charge in [-0.3, -0.25) is 18.6 Å². The van der Waals surface area contributed by atoms with Gasteiger partial charge >= 0.3 is 19.8 Å². The number of unbranched alkanes of at least 4 members (excludes halogenated alkanes) is 9. The second-order valence-corrected chi connectivity index (χ2v) is 19.3. The Kier molecular flexibility index (Phi) is 45.5. The van der Waals surface area contributed by atoms with E-state index in [0.29, 0.717) is 17.4 Å². The summed E-state index contributed by atoms with van der Waals surface area (Å²) in [6.07, 6.45) is 69.8. The molecule has 10 heteroatoms. The quantitative estimate of drug-likeness (QED) is 0.0211. The number of phosphoric acid groups is 1. The molecule has 0 fully saturated rings. The molecular formula is C58H95NO8P+. The largest absolute Gasteiger partial charge is 0.472 e. The fraction of sp³-hybridized carbons (Fsp3) is 0.586. The Morgan fingerprint density at radius 3 is 1.25 bits per heavy atom. The molecule has 0 aromatic heterocycles. The Morgan fingerprint density at radius 2 is 0.838 bits per heavy atom. The molecule has 1 N–H and O–H groups in total. The van der Waals surface area contributed by atoms with Gasteiger partial charge in [0.1, 0.15) is 19.8 Å². The molecule has 2 atom stereocenters. The highest BCUT2D eigenvalue weighted by atomic mass is 31.2. The normalized spacial score (nSPS) is 14.5. The molecule has 0 rings (SSSR count). The van der Waals surface area contributed by atoms with Gasteiger partial charge in [0.15, 0.2) is 6.10 Å². The topological polar surface area (TPSA) is 108 Å². The van der Waals surface area contributed by atoms with Crippen molar-refractivity contribution in [1.82, 2.24) is 0 Å². The summed E-state index contributed by atoms with van der Waals surface area (Å²) in [4.78, 5) is 35.2. The maximum Gasteiger partial charge on any atom is 0.472 e. The summed E-state index contributed by atoms with van der Waals surface area (Å²) in [6, 6.07) is 0. The smallest absolute Gasteiger partial charge is 0.462 e. The number of ether oxygens (including phenoxy) is 2. The number of carbonyl (C=O) groups excluding carboxylic acids is 2. The molecule has 0 aliphatic rings. The van der Waals surface area contributed by atoms with E-state index < -0.39 is 32.5 Å².